The number of amides is 1. The van der Waals surface area contributed by atoms with Crippen molar-refractivity contribution in [3.8, 4) is 11.3 Å². The first-order chi connectivity index (χ1) is 14.5. The molecule has 1 aliphatic heterocycles. The lowest BCUT2D eigenvalue weighted by Gasteiger charge is -2.26. The average Bonchev–Trinajstić information content (AvgIpc) is 3.28. The number of non-ortho nitro benzene ring substituents is 1. The number of halogens is 1. The maximum Gasteiger partial charge on any atom is 0.273 e. The predicted octanol–water partition coefficient (Wildman–Crippen LogP) is 4.33. The Labute approximate surface area is 181 Å². The second kappa shape index (κ2) is 8.37. The van der Waals surface area contributed by atoms with Gasteiger partial charge in [0.2, 0.25) is 0 Å². The predicted molar refractivity (Wildman–Crippen MR) is 114 cm³/mol. The van der Waals surface area contributed by atoms with Crippen LogP contribution in [0.2, 0.25) is 0 Å². The summed E-state index contributed by atoms with van der Waals surface area (Å²) in [6.45, 7) is 1.03. The minimum atomic E-state index is -0.434. The SMILES string of the molecule is COCCCN1C(=O)c2[nH]nc(-c3ccc(Br)cc3)c2C1c1ccc([N+](=O)[O-])cc1. The Morgan fingerprint density at radius 3 is 2.53 bits per heavy atom. The Morgan fingerprint density at radius 1 is 1.20 bits per heavy atom. The second-order valence-corrected chi connectivity index (χ2v) is 7.88. The van der Waals surface area contributed by atoms with Crippen LogP contribution < -0.4 is 0 Å². The molecule has 1 atom stereocenters. The van der Waals surface area contributed by atoms with E-state index in [1.165, 1.54) is 12.1 Å². The molecule has 9 heteroatoms. The third-order valence-corrected chi connectivity index (χ3v) is 5.68. The van der Waals surface area contributed by atoms with Crippen molar-refractivity contribution in [3.63, 3.8) is 0 Å². The van der Waals surface area contributed by atoms with Crippen LogP contribution in [0.1, 0.15) is 34.1 Å². The summed E-state index contributed by atoms with van der Waals surface area (Å²) in [7, 11) is 1.62. The zero-order valence-corrected chi connectivity index (χ0v) is 17.8. The number of nitro benzene ring substituents is 1. The number of carbonyl (C=O) groups is 1. The Balaban J connectivity index is 1.80. The van der Waals surface area contributed by atoms with Crippen molar-refractivity contribution in [2.24, 2.45) is 0 Å². The van der Waals surface area contributed by atoms with Crippen LogP contribution in [0.3, 0.4) is 0 Å². The highest BCUT2D eigenvalue weighted by molar-refractivity contribution is 9.10. The number of aromatic amines is 1. The number of rotatable bonds is 7. The lowest BCUT2D eigenvalue weighted by atomic mass is 9.96. The van der Waals surface area contributed by atoms with Crippen LogP contribution in [0.15, 0.2) is 53.0 Å². The lowest BCUT2D eigenvalue weighted by molar-refractivity contribution is -0.384. The van der Waals surface area contributed by atoms with Crippen molar-refractivity contribution < 1.29 is 14.5 Å². The molecule has 1 N–H and O–H groups in total. The van der Waals surface area contributed by atoms with E-state index in [9.17, 15) is 14.9 Å². The highest BCUT2D eigenvalue weighted by Crippen LogP contribution is 2.43. The van der Waals surface area contributed by atoms with Crippen molar-refractivity contribution in [2.45, 2.75) is 12.5 Å². The number of methoxy groups -OCH3 is 1. The molecule has 3 aromatic rings. The van der Waals surface area contributed by atoms with E-state index in [1.807, 2.05) is 24.3 Å². The molecule has 1 aromatic heterocycles. The number of ether oxygens (including phenoxy) is 1. The Hall–Kier alpha value is -3.04. The molecule has 0 spiro atoms. The number of hydrogen-bond donors (Lipinski definition) is 1. The minimum Gasteiger partial charge on any atom is -0.385 e. The minimum absolute atomic E-state index is 0.00885. The Kier molecular flexibility index (Phi) is 5.65. The van der Waals surface area contributed by atoms with Gasteiger partial charge in [-0.05, 0) is 36.2 Å². The molecule has 8 nitrogen and oxygen atoms in total. The van der Waals surface area contributed by atoms with Gasteiger partial charge in [-0.15, -0.1) is 0 Å². The van der Waals surface area contributed by atoms with E-state index in [0.717, 1.165) is 21.2 Å². The number of hydrogen-bond acceptors (Lipinski definition) is 5. The number of nitro groups is 1. The van der Waals surface area contributed by atoms with Crippen LogP contribution in [0.5, 0.6) is 0 Å². The summed E-state index contributed by atoms with van der Waals surface area (Å²) >= 11 is 3.44. The van der Waals surface area contributed by atoms with Gasteiger partial charge in [-0.25, -0.2) is 0 Å². The van der Waals surface area contributed by atoms with Gasteiger partial charge >= 0.3 is 0 Å². The van der Waals surface area contributed by atoms with Crippen LogP contribution in [-0.4, -0.2) is 46.2 Å². The fourth-order valence-corrected chi connectivity index (χ4v) is 4.02. The third kappa shape index (κ3) is 3.61. The molecule has 1 unspecified atom stereocenters. The first kappa shape index (κ1) is 20.2. The number of nitrogens with zero attached hydrogens (tertiary/aromatic N) is 3. The van der Waals surface area contributed by atoms with Gasteiger partial charge in [0.05, 0.1) is 16.7 Å². The quantitative estimate of drug-likeness (QED) is 0.314. The molecule has 0 radical (unpaired) electrons. The molecule has 4 rings (SSSR count). The van der Waals surface area contributed by atoms with Crippen LogP contribution in [0.25, 0.3) is 11.3 Å². The number of carbonyl (C=O) groups excluding carboxylic acids is 1. The van der Waals surface area contributed by atoms with E-state index in [-0.39, 0.29) is 17.6 Å². The average molecular weight is 471 g/mol. The van der Waals surface area contributed by atoms with E-state index >= 15 is 0 Å². The van der Waals surface area contributed by atoms with Crippen molar-refractivity contribution >= 4 is 27.5 Å². The van der Waals surface area contributed by atoms with Crippen molar-refractivity contribution in [2.75, 3.05) is 20.3 Å². The van der Waals surface area contributed by atoms with Crippen molar-refractivity contribution in [3.05, 3.63) is 79.9 Å². The van der Waals surface area contributed by atoms with Gasteiger partial charge in [0.25, 0.3) is 11.6 Å². The fourth-order valence-electron chi connectivity index (χ4n) is 3.76. The number of H-pyrrole nitrogens is 1. The van der Waals surface area contributed by atoms with E-state index in [0.29, 0.717) is 31.0 Å². The van der Waals surface area contributed by atoms with E-state index in [4.69, 9.17) is 4.74 Å². The molecule has 1 amide bonds. The normalized spacial score (nSPS) is 15.5. The fraction of sp³-hybridized carbons (Fsp3) is 0.238. The van der Waals surface area contributed by atoms with Gasteiger partial charge in [-0.1, -0.05) is 28.1 Å². The summed E-state index contributed by atoms with van der Waals surface area (Å²) < 4.78 is 6.09. The Bertz CT molecular complexity index is 1080. The van der Waals surface area contributed by atoms with Crippen LogP contribution in [0, 0.1) is 10.1 Å². The number of nitrogens with one attached hydrogen (secondary N) is 1. The molecule has 30 heavy (non-hydrogen) atoms. The van der Waals surface area contributed by atoms with Crippen LogP contribution in [-0.2, 0) is 4.74 Å². The maximum absolute atomic E-state index is 13.1. The van der Waals surface area contributed by atoms with E-state index in [1.54, 1.807) is 24.1 Å². The summed E-state index contributed by atoms with van der Waals surface area (Å²) in [4.78, 5) is 25.5. The molecule has 154 valence electrons. The number of aromatic nitrogens is 2. The highest BCUT2D eigenvalue weighted by atomic mass is 79.9. The smallest absolute Gasteiger partial charge is 0.273 e. The topological polar surface area (TPSA) is 101 Å². The molecular weight excluding hydrogens is 452 g/mol. The number of fused-ring (bicyclic) bond motifs is 1. The summed E-state index contributed by atoms with van der Waals surface area (Å²) in [5.74, 6) is -0.139. The molecule has 2 heterocycles. The molecule has 0 aliphatic carbocycles. The molecular formula is C21H19BrN4O4. The van der Waals surface area contributed by atoms with Gasteiger partial charge < -0.3 is 9.64 Å². The largest absolute Gasteiger partial charge is 0.385 e. The monoisotopic (exact) mass is 470 g/mol. The zero-order chi connectivity index (χ0) is 21.3. The molecule has 1 aliphatic rings. The molecule has 2 aromatic carbocycles. The molecule has 0 fully saturated rings. The van der Waals surface area contributed by atoms with Gasteiger partial charge in [-0.2, -0.15) is 5.10 Å². The molecule has 0 saturated heterocycles. The van der Waals surface area contributed by atoms with Gasteiger partial charge in [0, 0.05) is 48.0 Å². The highest BCUT2D eigenvalue weighted by Gasteiger charge is 2.41. The summed E-state index contributed by atoms with van der Waals surface area (Å²) in [5.41, 5.74) is 3.62. The third-order valence-electron chi connectivity index (χ3n) is 5.15. The van der Waals surface area contributed by atoms with Crippen molar-refractivity contribution in [1.29, 1.82) is 0 Å². The first-order valence-corrected chi connectivity index (χ1v) is 10.2. The molecule has 0 saturated carbocycles. The Morgan fingerprint density at radius 2 is 1.90 bits per heavy atom. The summed E-state index contributed by atoms with van der Waals surface area (Å²) in [6.07, 6.45) is 0.678. The second-order valence-electron chi connectivity index (χ2n) is 6.96. The van der Waals surface area contributed by atoms with Gasteiger partial charge in [0.1, 0.15) is 5.69 Å². The van der Waals surface area contributed by atoms with E-state index in [2.05, 4.69) is 26.1 Å². The van der Waals surface area contributed by atoms with Gasteiger partial charge in [-0.3, -0.25) is 20.0 Å². The number of benzene rings is 2. The zero-order valence-electron chi connectivity index (χ0n) is 16.2. The summed E-state index contributed by atoms with van der Waals surface area (Å²) in [5, 5.41) is 18.4. The van der Waals surface area contributed by atoms with Crippen molar-refractivity contribution in [1.82, 2.24) is 15.1 Å². The van der Waals surface area contributed by atoms with Crippen LogP contribution in [0.4, 0.5) is 5.69 Å². The van der Waals surface area contributed by atoms with Gasteiger partial charge in [0.15, 0.2) is 0 Å². The molecule has 0 bridgehead atoms. The summed E-state index contributed by atoms with van der Waals surface area (Å²) in [6, 6.07) is 13.7. The lowest BCUT2D eigenvalue weighted by Crippen LogP contribution is -2.31. The van der Waals surface area contributed by atoms with E-state index < -0.39 is 4.92 Å². The maximum atomic E-state index is 13.1. The first-order valence-electron chi connectivity index (χ1n) is 9.39. The van der Waals surface area contributed by atoms with Crippen LogP contribution >= 0.6 is 15.9 Å². The standard InChI is InChI=1S/C21H19BrN4O4/c1-30-12-2-11-25-20(14-5-9-16(10-6-14)26(28)29)17-18(23-24-19(17)21(25)27)13-3-7-15(22)8-4-13/h3-10,20H,2,11-12H2,1H3,(H,23,24).